The maximum absolute atomic E-state index is 9.71. The third-order valence-corrected chi connectivity index (χ3v) is 4.51. The molecule has 1 aromatic rings. The lowest BCUT2D eigenvalue weighted by Gasteiger charge is -2.42. The number of likely N-dealkylation sites (tertiary alicyclic amines) is 1. The number of phenols is 1. The number of aromatic hydroxyl groups is 1. The zero-order valence-corrected chi connectivity index (χ0v) is 12.6. The third kappa shape index (κ3) is 2.78. The molecule has 1 aromatic carbocycles. The molecule has 20 heavy (non-hydrogen) atoms. The number of nitrogens with zero attached hydrogens (tertiary/aromatic N) is 1. The second kappa shape index (κ2) is 5.28. The van der Waals surface area contributed by atoms with E-state index in [4.69, 9.17) is 4.74 Å². The van der Waals surface area contributed by atoms with Crippen LogP contribution in [0.25, 0.3) is 0 Å². The highest BCUT2D eigenvalue weighted by molar-refractivity contribution is 5.44. The van der Waals surface area contributed by atoms with Gasteiger partial charge < -0.3 is 9.84 Å². The Morgan fingerprint density at radius 2 is 1.85 bits per heavy atom. The smallest absolute Gasteiger partial charge is 0.128 e. The molecule has 2 aliphatic heterocycles. The fraction of sp³-hybridized carbons (Fsp3) is 0.647. The fourth-order valence-corrected chi connectivity index (χ4v) is 3.53. The fourth-order valence-electron chi connectivity index (χ4n) is 3.53. The molecule has 1 fully saturated rings. The molecule has 2 aliphatic rings. The van der Waals surface area contributed by atoms with Gasteiger partial charge in [0.25, 0.3) is 0 Å². The second-order valence-electron chi connectivity index (χ2n) is 6.75. The highest BCUT2D eigenvalue weighted by Gasteiger charge is 2.36. The average Bonchev–Trinajstić information content (AvgIpc) is 2.64. The maximum atomic E-state index is 9.71. The number of rotatable bonds is 1. The summed E-state index contributed by atoms with van der Waals surface area (Å²) in [5.74, 6) is 1.14. The molecule has 3 heteroatoms. The highest BCUT2D eigenvalue weighted by atomic mass is 16.5. The molecule has 0 bridgehead atoms. The van der Waals surface area contributed by atoms with E-state index in [2.05, 4.69) is 18.7 Å². The van der Waals surface area contributed by atoms with Gasteiger partial charge in [-0.15, -0.1) is 0 Å². The molecule has 0 radical (unpaired) electrons. The van der Waals surface area contributed by atoms with Gasteiger partial charge >= 0.3 is 0 Å². The quantitative estimate of drug-likeness (QED) is 0.844. The Kier molecular flexibility index (Phi) is 3.63. The van der Waals surface area contributed by atoms with Gasteiger partial charge in [-0.1, -0.05) is 18.9 Å². The Morgan fingerprint density at radius 1 is 1.15 bits per heavy atom. The van der Waals surface area contributed by atoms with Gasteiger partial charge in [0.2, 0.25) is 0 Å². The van der Waals surface area contributed by atoms with Crippen molar-refractivity contribution in [1.29, 1.82) is 0 Å². The summed E-state index contributed by atoms with van der Waals surface area (Å²) < 4.78 is 6.07. The summed E-state index contributed by atoms with van der Waals surface area (Å²) in [6, 6.07) is 6.01. The first-order valence-corrected chi connectivity index (χ1v) is 7.81. The second-order valence-corrected chi connectivity index (χ2v) is 6.75. The van der Waals surface area contributed by atoms with Gasteiger partial charge in [0.15, 0.2) is 0 Å². The van der Waals surface area contributed by atoms with Gasteiger partial charge in [0.05, 0.1) is 0 Å². The maximum Gasteiger partial charge on any atom is 0.128 e. The van der Waals surface area contributed by atoms with Crippen LogP contribution in [0.4, 0.5) is 0 Å². The van der Waals surface area contributed by atoms with Crippen molar-refractivity contribution in [2.45, 2.75) is 57.6 Å². The van der Waals surface area contributed by atoms with Crippen LogP contribution in [0.2, 0.25) is 0 Å². The summed E-state index contributed by atoms with van der Waals surface area (Å²) in [6.07, 6.45) is 6.32. The first-order valence-electron chi connectivity index (χ1n) is 7.81. The minimum absolute atomic E-state index is 0.169. The van der Waals surface area contributed by atoms with Gasteiger partial charge in [-0.2, -0.15) is 0 Å². The summed E-state index contributed by atoms with van der Waals surface area (Å²) in [5, 5.41) is 9.71. The molecule has 0 saturated carbocycles. The molecule has 1 unspecified atom stereocenters. The summed E-state index contributed by atoms with van der Waals surface area (Å²) in [5.41, 5.74) is 1.07. The first-order chi connectivity index (χ1) is 9.55. The minimum Gasteiger partial charge on any atom is -0.508 e. The Morgan fingerprint density at radius 3 is 2.55 bits per heavy atom. The van der Waals surface area contributed by atoms with Crippen LogP contribution >= 0.6 is 0 Å². The Bertz CT molecular complexity index is 476. The largest absolute Gasteiger partial charge is 0.508 e. The van der Waals surface area contributed by atoms with Gasteiger partial charge in [-0.05, 0) is 45.8 Å². The normalized spacial score (nSPS) is 26.4. The molecule has 0 aliphatic carbocycles. The predicted molar refractivity (Wildman–Crippen MR) is 80.2 cm³/mol. The number of fused-ring (bicyclic) bond motifs is 1. The van der Waals surface area contributed by atoms with Crippen molar-refractivity contribution >= 4 is 0 Å². The number of benzene rings is 1. The van der Waals surface area contributed by atoms with Crippen LogP contribution < -0.4 is 4.74 Å². The molecular formula is C17H25NO2. The molecule has 1 saturated heterocycles. The molecule has 3 rings (SSSR count). The van der Waals surface area contributed by atoms with E-state index in [-0.39, 0.29) is 11.4 Å². The zero-order chi connectivity index (χ0) is 14.2. The van der Waals surface area contributed by atoms with E-state index >= 15 is 0 Å². The van der Waals surface area contributed by atoms with E-state index < -0.39 is 0 Å². The minimum atomic E-state index is -0.169. The van der Waals surface area contributed by atoms with Crippen LogP contribution in [0.1, 0.15) is 57.6 Å². The van der Waals surface area contributed by atoms with Crippen molar-refractivity contribution in [2.24, 2.45) is 0 Å². The molecule has 2 heterocycles. The van der Waals surface area contributed by atoms with Crippen LogP contribution in [-0.2, 0) is 0 Å². The van der Waals surface area contributed by atoms with Crippen molar-refractivity contribution in [1.82, 2.24) is 4.90 Å². The predicted octanol–water partition coefficient (Wildman–Crippen LogP) is 3.87. The Labute approximate surface area is 121 Å². The van der Waals surface area contributed by atoms with Crippen molar-refractivity contribution < 1.29 is 9.84 Å². The van der Waals surface area contributed by atoms with Gasteiger partial charge in [0, 0.05) is 24.1 Å². The zero-order valence-electron chi connectivity index (χ0n) is 12.6. The van der Waals surface area contributed by atoms with Crippen molar-refractivity contribution in [3.05, 3.63) is 23.8 Å². The van der Waals surface area contributed by atoms with E-state index in [0.29, 0.717) is 6.04 Å². The SMILES string of the molecule is CC1(C)CC(N2CCCCCC2)c2ccc(O)cc2O1. The molecular weight excluding hydrogens is 250 g/mol. The number of ether oxygens (including phenoxy) is 1. The van der Waals surface area contributed by atoms with Crippen LogP contribution in [0.15, 0.2) is 18.2 Å². The number of phenolic OH excluding ortho intramolecular Hbond substituents is 1. The monoisotopic (exact) mass is 275 g/mol. The van der Waals surface area contributed by atoms with Crippen molar-refractivity contribution in [2.75, 3.05) is 13.1 Å². The molecule has 0 spiro atoms. The summed E-state index contributed by atoms with van der Waals surface area (Å²) in [6.45, 7) is 6.65. The average molecular weight is 275 g/mol. The van der Waals surface area contributed by atoms with E-state index in [1.807, 2.05) is 6.07 Å². The summed E-state index contributed by atoms with van der Waals surface area (Å²) >= 11 is 0. The third-order valence-electron chi connectivity index (χ3n) is 4.51. The highest BCUT2D eigenvalue weighted by Crippen LogP contribution is 2.44. The van der Waals surface area contributed by atoms with Crippen LogP contribution in [0.5, 0.6) is 11.5 Å². The molecule has 110 valence electrons. The van der Waals surface area contributed by atoms with Crippen LogP contribution in [0.3, 0.4) is 0 Å². The first kappa shape index (κ1) is 13.7. The molecule has 0 aromatic heterocycles. The Balaban J connectivity index is 1.93. The van der Waals surface area contributed by atoms with E-state index in [9.17, 15) is 5.11 Å². The lowest BCUT2D eigenvalue weighted by Crippen LogP contribution is -2.41. The molecule has 0 amide bonds. The lowest BCUT2D eigenvalue weighted by molar-refractivity contribution is 0.0304. The summed E-state index contributed by atoms with van der Waals surface area (Å²) in [4.78, 5) is 2.62. The van der Waals surface area contributed by atoms with Crippen LogP contribution in [-0.4, -0.2) is 28.7 Å². The van der Waals surface area contributed by atoms with E-state index in [0.717, 1.165) is 12.2 Å². The van der Waals surface area contributed by atoms with Gasteiger partial charge in [0.1, 0.15) is 17.1 Å². The van der Waals surface area contributed by atoms with E-state index in [1.54, 1.807) is 12.1 Å². The van der Waals surface area contributed by atoms with Crippen LogP contribution in [0, 0.1) is 0 Å². The van der Waals surface area contributed by atoms with Crippen molar-refractivity contribution in [3.8, 4) is 11.5 Å². The topological polar surface area (TPSA) is 32.7 Å². The summed E-state index contributed by atoms with van der Waals surface area (Å²) in [7, 11) is 0. The Hall–Kier alpha value is -1.22. The van der Waals surface area contributed by atoms with Gasteiger partial charge in [-0.25, -0.2) is 0 Å². The van der Waals surface area contributed by atoms with Gasteiger partial charge in [-0.3, -0.25) is 4.90 Å². The lowest BCUT2D eigenvalue weighted by atomic mass is 9.88. The molecule has 1 N–H and O–H groups in total. The van der Waals surface area contributed by atoms with Crippen molar-refractivity contribution in [3.63, 3.8) is 0 Å². The standard InChI is InChI=1S/C17H25NO2/c1-17(2)12-15(18-9-5-3-4-6-10-18)14-8-7-13(19)11-16(14)20-17/h7-8,11,15,19H,3-6,9-10,12H2,1-2H3. The number of hydrogen-bond acceptors (Lipinski definition) is 3. The molecule has 1 atom stereocenters. The number of hydrogen-bond donors (Lipinski definition) is 1. The van der Waals surface area contributed by atoms with E-state index in [1.165, 1.54) is 44.3 Å². The molecule has 3 nitrogen and oxygen atoms in total.